The molecule has 0 bridgehead atoms. The maximum absolute atomic E-state index is 5.83. The Morgan fingerprint density at radius 2 is 2.26 bits per heavy atom. The van der Waals surface area contributed by atoms with E-state index in [1.807, 2.05) is 28.8 Å². The van der Waals surface area contributed by atoms with Gasteiger partial charge in [-0.05, 0) is 12.1 Å². The maximum Gasteiger partial charge on any atom is 0.160 e. The van der Waals surface area contributed by atoms with Crippen molar-refractivity contribution in [2.24, 2.45) is 0 Å². The molecule has 0 amide bonds. The van der Waals surface area contributed by atoms with E-state index in [4.69, 9.17) is 11.6 Å². The Kier molecular flexibility index (Phi) is 3.72. The molecule has 3 aromatic rings. The number of nitrogens with one attached hydrogen (secondary N) is 1. The first kappa shape index (κ1) is 12.5. The van der Waals surface area contributed by atoms with Gasteiger partial charge in [-0.2, -0.15) is 0 Å². The van der Waals surface area contributed by atoms with Gasteiger partial charge in [-0.25, -0.2) is 4.98 Å². The van der Waals surface area contributed by atoms with E-state index in [0.29, 0.717) is 0 Å². The molecule has 0 aliphatic rings. The van der Waals surface area contributed by atoms with E-state index in [2.05, 4.69) is 20.5 Å². The molecule has 0 fully saturated rings. The van der Waals surface area contributed by atoms with E-state index >= 15 is 0 Å². The summed E-state index contributed by atoms with van der Waals surface area (Å²) in [6, 6.07) is 5.88. The van der Waals surface area contributed by atoms with Crippen LogP contribution in [-0.2, 0) is 13.0 Å². The minimum atomic E-state index is 0.722. The zero-order valence-corrected chi connectivity index (χ0v) is 11.7. The number of rotatable bonds is 5. The summed E-state index contributed by atoms with van der Waals surface area (Å²) in [5, 5.41) is 12.6. The van der Waals surface area contributed by atoms with Crippen molar-refractivity contribution in [1.82, 2.24) is 24.9 Å². The highest BCUT2D eigenvalue weighted by atomic mass is 35.5. The number of halogens is 1. The van der Waals surface area contributed by atoms with E-state index in [9.17, 15) is 0 Å². The van der Waals surface area contributed by atoms with Crippen molar-refractivity contribution in [2.45, 2.75) is 13.0 Å². The number of hydrogen-bond donors (Lipinski definition) is 1. The predicted octanol–water partition coefficient (Wildman–Crippen LogP) is 2.17. The Balaban J connectivity index is 1.55. The van der Waals surface area contributed by atoms with Crippen molar-refractivity contribution in [3.63, 3.8) is 0 Å². The van der Waals surface area contributed by atoms with Gasteiger partial charge in [0.15, 0.2) is 5.65 Å². The molecule has 19 heavy (non-hydrogen) atoms. The minimum absolute atomic E-state index is 0.722. The molecule has 0 aromatic carbocycles. The zero-order chi connectivity index (χ0) is 13.1. The lowest BCUT2D eigenvalue weighted by molar-refractivity contribution is 0.664. The Morgan fingerprint density at radius 1 is 1.32 bits per heavy atom. The largest absolute Gasteiger partial charge is 0.310 e. The van der Waals surface area contributed by atoms with Crippen LogP contribution in [0.5, 0.6) is 0 Å². The summed E-state index contributed by atoms with van der Waals surface area (Å²) in [5.41, 5.74) is 0.879. The summed E-state index contributed by atoms with van der Waals surface area (Å²) < 4.78 is 2.72. The summed E-state index contributed by atoms with van der Waals surface area (Å²) in [4.78, 5) is 4.19. The lowest BCUT2D eigenvalue weighted by atomic mass is 10.4. The van der Waals surface area contributed by atoms with Gasteiger partial charge in [0.05, 0.1) is 6.20 Å². The van der Waals surface area contributed by atoms with Crippen LogP contribution in [0.4, 0.5) is 0 Å². The third kappa shape index (κ3) is 2.91. The van der Waals surface area contributed by atoms with Crippen LogP contribution in [0.25, 0.3) is 5.65 Å². The van der Waals surface area contributed by atoms with Crippen molar-refractivity contribution < 1.29 is 0 Å². The molecular formula is C12H12ClN5S. The fourth-order valence-electron chi connectivity index (χ4n) is 1.83. The second-order valence-corrected chi connectivity index (χ2v) is 5.78. The number of thiazole rings is 1. The molecule has 0 aliphatic carbocycles. The minimum Gasteiger partial charge on any atom is -0.310 e. The summed E-state index contributed by atoms with van der Waals surface area (Å²) in [6.45, 7) is 1.56. The smallest absolute Gasteiger partial charge is 0.160 e. The van der Waals surface area contributed by atoms with Gasteiger partial charge in [-0.1, -0.05) is 17.7 Å². The maximum atomic E-state index is 5.83. The summed E-state index contributed by atoms with van der Waals surface area (Å²) in [7, 11) is 0. The number of hydrogen-bond acceptors (Lipinski definition) is 5. The van der Waals surface area contributed by atoms with Gasteiger partial charge in [0.25, 0.3) is 0 Å². The van der Waals surface area contributed by atoms with Crippen LogP contribution < -0.4 is 5.32 Å². The molecule has 0 saturated carbocycles. The number of pyridine rings is 1. The van der Waals surface area contributed by atoms with Crippen LogP contribution >= 0.6 is 22.9 Å². The van der Waals surface area contributed by atoms with Gasteiger partial charge in [-0.3, -0.25) is 4.40 Å². The third-order valence-electron chi connectivity index (χ3n) is 2.71. The average Bonchev–Trinajstić information content (AvgIpc) is 3.02. The SMILES string of the molecule is Clc1cnc(CNCCc2nnc3ccccn23)s1. The number of fused-ring (bicyclic) bond motifs is 1. The van der Waals surface area contributed by atoms with Gasteiger partial charge >= 0.3 is 0 Å². The molecule has 3 heterocycles. The predicted molar refractivity (Wildman–Crippen MR) is 75.5 cm³/mol. The first-order valence-corrected chi connectivity index (χ1v) is 7.12. The first-order chi connectivity index (χ1) is 9.33. The van der Waals surface area contributed by atoms with E-state index in [-0.39, 0.29) is 0 Å². The fraction of sp³-hybridized carbons (Fsp3) is 0.250. The molecule has 0 aliphatic heterocycles. The molecule has 0 atom stereocenters. The van der Waals surface area contributed by atoms with Crippen LogP contribution in [0.15, 0.2) is 30.6 Å². The molecule has 0 radical (unpaired) electrons. The molecule has 0 unspecified atom stereocenters. The second kappa shape index (κ2) is 5.64. The van der Waals surface area contributed by atoms with Crippen LogP contribution in [0.2, 0.25) is 4.34 Å². The Hall–Kier alpha value is -1.50. The van der Waals surface area contributed by atoms with Crippen LogP contribution in [0.3, 0.4) is 0 Å². The molecule has 1 N–H and O–H groups in total. The normalized spacial score (nSPS) is 11.2. The molecule has 7 heteroatoms. The van der Waals surface area contributed by atoms with E-state index in [1.54, 1.807) is 6.20 Å². The van der Waals surface area contributed by atoms with Gasteiger partial charge in [0, 0.05) is 25.7 Å². The third-order valence-corrected chi connectivity index (χ3v) is 3.83. The van der Waals surface area contributed by atoms with Crippen molar-refractivity contribution >= 4 is 28.6 Å². The van der Waals surface area contributed by atoms with Crippen molar-refractivity contribution in [1.29, 1.82) is 0 Å². The quantitative estimate of drug-likeness (QED) is 0.733. The van der Waals surface area contributed by atoms with Crippen molar-refractivity contribution in [3.05, 3.63) is 45.8 Å². The Labute approximate surface area is 119 Å². The van der Waals surface area contributed by atoms with Crippen molar-refractivity contribution in [3.8, 4) is 0 Å². The van der Waals surface area contributed by atoms with Crippen LogP contribution in [0, 0.1) is 0 Å². The fourth-order valence-corrected chi connectivity index (χ4v) is 2.75. The molecule has 0 saturated heterocycles. The number of aromatic nitrogens is 4. The molecule has 5 nitrogen and oxygen atoms in total. The van der Waals surface area contributed by atoms with E-state index < -0.39 is 0 Å². The molecule has 3 rings (SSSR count). The highest BCUT2D eigenvalue weighted by Crippen LogP contribution is 2.17. The summed E-state index contributed by atoms with van der Waals surface area (Å²) in [6.07, 6.45) is 4.48. The molecular weight excluding hydrogens is 282 g/mol. The van der Waals surface area contributed by atoms with Gasteiger partial charge in [-0.15, -0.1) is 21.5 Å². The summed E-state index contributed by atoms with van der Waals surface area (Å²) in [5.74, 6) is 0.959. The average molecular weight is 294 g/mol. The van der Waals surface area contributed by atoms with Gasteiger partial charge in [0.1, 0.15) is 15.2 Å². The lowest BCUT2D eigenvalue weighted by Gasteiger charge is -2.01. The first-order valence-electron chi connectivity index (χ1n) is 5.92. The summed E-state index contributed by atoms with van der Waals surface area (Å²) >= 11 is 7.32. The van der Waals surface area contributed by atoms with E-state index in [0.717, 1.165) is 40.3 Å². The monoisotopic (exact) mass is 293 g/mol. The Bertz CT molecular complexity index is 677. The van der Waals surface area contributed by atoms with E-state index in [1.165, 1.54) is 11.3 Å². The Morgan fingerprint density at radius 3 is 3.11 bits per heavy atom. The highest BCUT2D eigenvalue weighted by Gasteiger charge is 2.04. The lowest BCUT2D eigenvalue weighted by Crippen LogP contribution is -2.17. The van der Waals surface area contributed by atoms with Gasteiger partial charge in [0.2, 0.25) is 0 Å². The highest BCUT2D eigenvalue weighted by molar-refractivity contribution is 7.15. The van der Waals surface area contributed by atoms with Crippen LogP contribution in [0.1, 0.15) is 10.8 Å². The topological polar surface area (TPSA) is 55.1 Å². The van der Waals surface area contributed by atoms with Crippen LogP contribution in [-0.4, -0.2) is 26.1 Å². The number of nitrogens with zero attached hydrogens (tertiary/aromatic N) is 4. The zero-order valence-electron chi connectivity index (χ0n) is 10.1. The molecule has 98 valence electrons. The van der Waals surface area contributed by atoms with Gasteiger partial charge < -0.3 is 5.32 Å². The second-order valence-electron chi connectivity index (χ2n) is 4.03. The molecule has 3 aromatic heterocycles. The van der Waals surface area contributed by atoms with Crippen molar-refractivity contribution in [2.75, 3.05) is 6.54 Å². The standard InChI is InChI=1S/C12H12ClN5S/c13-9-7-15-12(19-9)8-14-5-4-11-17-16-10-3-1-2-6-18(10)11/h1-3,6-7,14H,4-5,8H2. The molecule has 0 spiro atoms.